The van der Waals surface area contributed by atoms with Crippen LogP contribution >= 0.6 is 12.4 Å². The zero-order valence-corrected chi connectivity index (χ0v) is 10.5. The maximum Gasteiger partial charge on any atom is 0.360 e. The van der Waals surface area contributed by atoms with Crippen molar-refractivity contribution >= 4 is 18.4 Å². The van der Waals surface area contributed by atoms with Gasteiger partial charge in [-0.3, -0.25) is 0 Å². The lowest BCUT2D eigenvalue weighted by atomic mass is 10.3. The number of aryl methyl sites for hydroxylation is 1. The minimum Gasteiger partial charge on any atom is -0.479 e. The Morgan fingerprint density at radius 1 is 1.44 bits per heavy atom. The molecule has 0 fully saturated rings. The number of ether oxygens (including phenoxy) is 1. The molecule has 0 amide bonds. The summed E-state index contributed by atoms with van der Waals surface area (Å²) in [6.07, 6.45) is 4.63. The summed E-state index contributed by atoms with van der Waals surface area (Å²) in [6, 6.07) is 0. The van der Waals surface area contributed by atoms with Gasteiger partial charge in [0, 0.05) is 7.05 Å². The highest BCUT2D eigenvalue weighted by atomic mass is 35.5. The topological polar surface area (TPSA) is 90.1 Å². The molecule has 7 nitrogen and oxygen atoms in total. The molecule has 8 heteroatoms. The quantitative estimate of drug-likeness (QED) is 0.895. The van der Waals surface area contributed by atoms with Crippen molar-refractivity contribution in [2.45, 2.75) is 0 Å². The van der Waals surface area contributed by atoms with Gasteiger partial charge < -0.3 is 14.4 Å². The van der Waals surface area contributed by atoms with Crippen LogP contribution in [0.15, 0.2) is 18.7 Å². The van der Waals surface area contributed by atoms with E-state index in [9.17, 15) is 4.79 Å². The van der Waals surface area contributed by atoms with Gasteiger partial charge in [-0.1, -0.05) is 0 Å². The lowest BCUT2D eigenvalue weighted by molar-refractivity contribution is 0.0685. The third-order valence-electron chi connectivity index (χ3n) is 2.21. The minimum atomic E-state index is -1.18. The number of hydrogen-bond donors (Lipinski definition) is 1. The summed E-state index contributed by atoms with van der Waals surface area (Å²) >= 11 is 0. The summed E-state index contributed by atoms with van der Waals surface area (Å²) in [5.41, 5.74) is 0.900. The molecular formula is C10H11ClN4O3. The number of methoxy groups -OCH3 is 1. The van der Waals surface area contributed by atoms with Gasteiger partial charge >= 0.3 is 5.97 Å². The number of carboxylic acid groups (broad SMARTS) is 1. The fourth-order valence-electron chi connectivity index (χ4n) is 1.39. The summed E-state index contributed by atoms with van der Waals surface area (Å²) in [5.74, 6) is -1.19. The Kier molecular flexibility index (Phi) is 4.22. The zero-order chi connectivity index (χ0) is 12.4. The molecule has 0 saturated carbocycles. The summed E-state index contributed by atoms with van der Waals surface area (Å²) in [6.45, 7) is 0. The second kappa shape index (κ2) is 5.46. The first-order chi connectivity index (χ1) is 8.13. The van der Waals surface area contributed by atoms with E-state index >= 15 is 0 Å². The van der Waals surface area contributed by atoms with Gasteiger partial charge in [0.05, 0.1) is 31.5 Å². The molecule has 2 aromatic rings. The molecule has 2 heterocycles. The molecule has 0 aliphatic heterocycles. The van der Waals surface area contributed by atoms with E-state index < -0.39 is 5.97 Å². The first-order valence-corrected chi connectivity index (χ1v) is 4.74. The molecule has 96 valence electrons. The summed E-state index contributed by atoms with van der Waals surface area (Å²) in [7, 11) is 3.13. The first-order valence-electron chi connectivity index (χ1n) is 4.74. The largest absolute Gasteiger partial charge is 0.479 e. The number of imidazole rings is 1. The molecular weight excluding hydrogens is 260 g/mol. The van der Waals surface area contributed by atoms with E-state index in [0.717, 1.165) is 0 Å². The van der Waals surface area contributed by atoms with Gasteiger partial charge in [-0.25, -0.2) is 19.7 Å². The van der Waals surface area contributed by atoms with E-state index in [4.69, 9.17) is 9.84 Å². The zero-order valence-electron chi connectivity index (χ0n) is 9.69. The van der Waals surface area contributed by atoms with Crippen LogP contribution in [0.5, 0.6) is 5.88 Å². The van der Waals surface area contributed by atoms with Crippen LogP contribution in [0.4, 0.5) is 0 Å². The van der Waals surface area contributed by atoms with Gasteiger partial charge in [-0.2, -0.15) is 0 Å². The molecule has 0 saturated heterocycles. The van der Waals surface area contributed by atoms with E-state index in [1.165, 1.54) is 13.3 Å². The fraction of sp³-hybridized carbons (Fsp3) is 0.200. The number of aromatic nitrogens is 4. The predicted molar refractivity (Wildman–Crippen MR) is 65.0 cm³/mol. The SMILES string of the molecule is COc1ncc(-c2cncn2C)nc1C(=O)O.Cl. The second-order valence-corrected chi connectivity index (χ2v) is 3.31. The molecule has 0 atom stereocenters. The molecule has 0 aliphatic rings. The number of nitrogens with zero attached hydrogens (tertiary/aromatic N) is 4. The van der Waals surface area contributed by atoms with Crippen LogP contribution in [-0.2, 0) is 7.05 Å². The van der Waals surface area contributed by atoms with Crippen molar-refractivity contribution in [3.63, 3.8) is 0 Å². The predicted octanol–water partition coefficient (Wildman–Crippen LogP) is 1.01. The fourth-order valence-corrected chi connectivity index (χ4v) is 1.39. The highest BCUT2D eigenvalue weighted by molar-refractivity contribution is 5.88. The molecule has 0 unspecified atom stereocenters. The first kappa shape index (κ1) is 13.9. The molecule has 1 N–H and O–H groups in total. The number of hydrogen-bond acceptors (Lipinski definition) is 5. The van der Waals surface area contributed by atoms with Crippen molar-refractivity contribution in [3.8, 4) is 17.3 Å². The van der Waals surface area contributed by atoms with E-state index in [1.54, 1.807) is 24.1 Å². The van der Waals surface area contributed by atoms with Crippen LogP contribution in [-0.4, -0.2) is 37.7 Å². The highest BCUT2D eigenvalue weighted by Crippen LogP contribution is 2.19. The minimum absolute atomic E-state index is 0. The van der Waals surface area contributed by atoms with Crippen molar-refractivity contribution in [2.24, 2.45) is 7.05 Å². The molecule has 0 radical (unpaired) electrons. The Labute approximate surface area is 109 Å². The third kappa shape index (κ3) is 2.40. The van der Waals surface area contributed by atoms with Crippen LogP contribution in [0.2, 0.25) is 0 Å². The summed E-state index contributed by atoms with van der Waals surface area (Å²) in [5, 5.41) is 8.98. The Balaban J connectivity index is 0.00000162. The molecule has 2 aromatic heterocycles. The van der Waals surface area contributed by atoms with Crippen molar-refractivity contribution in [1.29, 1.82) is 0 Å². The van der Waals surface area contributed by atoms with Gasteiger partial charge in [0.15, 0.2) is 0 Å². The van der Waals surface area contributed by atoms with E-state index in [0.29, 0.717) is 11.4 Å². The van der Waals surface area contributed by atoms with Gasteiger partial charge in [0.1, 0.15) is 5.69 Å². The molecule has 0 bridgehead atoms. The smallest absolute Gasteiger partial charge is 0.360 e. The van der Waals surface area contributed by atoms with E-state index in [-0.39, 0.29) is 24.0 Å². The highest BCUT2D eigenvalue weighted by Gasteiger charge is 2.16. The van der Waals surface area contributed by atoms with Crippen LogP contribution in [0.1, 0.15) is 10.5 Å². The maximum atomic E-state index is 11.0. The number of halogens is 1. The van der Waals surface area contributed by atoms with Gasteiger partial charge in [-0.05, 0) is 0 Å². The average Bonchev–Trinajstić information content (AvgIpc) is 2.74. The Morgan fingerprint density at radius 3 is 2.67 bits per heavy atom. The van der Waals surface area contributed by atoms with Crippen LogP contribution in [0.25, 0.3) is 11.4 Å². The Hall–Kier alpha value is -2.15. The lowest BCUT2D eigenvalue weighted by Crippen LogP contribution is -2.07. The van der Waals surface area contributed by atoms with Gasteiger partial charge in [-0.15, -0.1) is 12.4 Å². The van der Waals surface area contributed by atoms with Crippen LogP contribution in [0.3, 0.4) is 0 Å². The van der Waals surface area contributed by atoms with Crippen LogP contribution in [0, 0.1) is 0 Å². The normalized spacial score (nSPS) is 9.67. The number of carboxylic acids is 1. The number of aromatic carboxylic acids is 1. The van der Waals surface area contributed by atoms with Crippen molar-refractivity contribution < 1.29 is 14.6 Å². The molecule has 0 aliphatic carbocycles. The van der Waals surface area contributed by atoms with Gasteiger partial charge in [0.25, 0.3) is 0 Å². The molecule has 18 heavy (non-hydrogen) atoms. The summed E-state index contributed by atoms with van der Waals surface area (Å²) in [4.78, 5) is 22.8. The summed E-state index contributed by atoms with van der Waals surface area (Å²) < 4.78 is 6.56. The van der Waals surface area contributed by atoms with Crippen LogP contribution < -0.4 is 4.74 Å². The molecule has 2 rings (SSSR count). The van der Waals surface area contributed by atoms with E-state index in [2.05, 4.69) is 15.0 Å². The number of rotatable bonds is 3. The standard InChI is InChI=1S/C10H10N4O3.ClH/c1-14-5-11-4-7(14)6-3-12-9(17-2)8(13-6)10(15)16;/h3-5H,1-2H3,(H,15,16);1H. The lowest BCUT2D eigenvalue weighted by Gasteiger charge is -2.05. The monoisotopic (exact) mass is 270 g/mol. The second-order valence-electron chi connectivity index (χ2n) is 3.31. The molecule has 0 aromatic carbocycles. The molecule has 0 spiro atoms. The van der Waals surface area contributed by atoms with Gasteiger partial charge in [0.2, 0.25) is 11.6 Å². The maximum absolute atomic E-state index is 11.0. The van der Waals surface area contributed by atoms with Crippen molar-refractivity contribution in [3.05, 3.63) is 24.4 Å². The Morgan fingerprint density at radius 2 is 2.17 bits per heavy atom. The van der Waals surface area contributed by atoms with Crippen molar-refractivity contribution in [1.82, 2.24) is 19.5 Å². The van der Waals surface area contributed by atoms with Crippen molar-refractivity contribution in [2.75, 3.05) is 7.11 Å². The average molecular weight is 271 g/mol. The van der Waals surface area contributed by atoms with E-state index in [1.807, 2.05) is 0 Å². The Bertz CT molecular complexity index is 570. The third-order valence-corrected chi connectivity index (χ3v) is 2.21. The number of carbonyl (C=O) groups is 1.